The number of hydrogen-bond donors (Lipinski definition) is 2. The van der Waals surface area contributed by atoms with E-state index in [0.717, 1.165) is 10.2 Å². The number of nitrogens with two attached hydrogens (primary N) is 1. The standard InChI is InChI=1S/C12H17BrN2O2/c1-8(17-2)3-6-12(16)15-9-4-5-11(14)10(13)7-9/h4-5,7-8H,3,6,14H2,1-2H3,(H,15,16). The van der Waals surface area contributed by atoms with Crippen molar-refractivity contribution in [2.45, 2.75) is 25.9 Å². The van der Waals surface area contributed by atoms with E-state index >= 15 is 0 Å². The topological polar surface area (TPSA) is 64.3 Å². The summed E-state index contributed by atoms with van der Waals surface area (Å²) in [5.74, 6) is -0.0226. The summed E-state index contributed by atoms with van der Waals surface area (Å²) in [6.07, 6.45) is 1.24. The van der Waals surface area contributed by atoms with Gasteiger partial charge in [0.25, 0.3) is 0 Å². The number of methoxy groups -OCH3 is 1. The van der Waals surface area contributed by atoms with E-state index in [2.05, 4.69) is 21.2 Å². The highest BCUT2D eigenvalue weighted by Crippen LogP contribution is 2.23. The van der Waals surface area contributed by atoms with Crippen LogP contribution in [0.4, 0.5) is 11.4 Å². The third-order valence-electron chi connectivity index (χ3n) is 2.46. The average Bonchev–Trinajstić information content (AvgIpc) is 2.31. The van der Waals surface area contributed by atoms with Crippen LogP contribution < -0.4 is 11.1 Å². The van der Waals surface area contributed by atoms with Crippen molar-refractivity contribution in [3.05, 3.63) is 22.7 Å². The fourth-order valence-electron chi connectivity index (χ4n) is 1.28. The first-order valence-corrected chi connectivity index (χ1v) is 6.20. The predicted molar refractivity (Wildman–Crippen MR) is 72.9 cm³/mol. The second-order valence-corrected chi connectivity index (χ2v) is 4.72. The van der Waals surface area contributed by atoms with Crippen molar-refractivity contribution in [1.29, 1.82) is 0 Å². The van der Waals surface area contributed by atoms with Crippen LogP contribution in [0.1, 0.15) is 19.8 Å². The molecule has 4 nitrogen and oxygen atoms in total. The summed E-state index contributed by atoms with van der Waals surface area (Å²) in [6, 6.07) is 5.31. The number of nitrogen functional groups attached to an aromatic ring is 1. The fraction of sp³-hybridized carbons (Fsp3) is 0.417. The smallest absolute Gasteiger partial charge is 0.224 e. The Kier molecular flexibility index (Phi) is 5.44. The van der Waals surface area contributed by atoms with E-state index < -0.39 is 0 Å². The van der Waals surface area contributed by atoms with Crippen molar-refractivity contribution < 1.29 is 9.53 Å². The minimum atomic E-state index is -0.0226. The first-order chi connectivity index (χ1) is 8.02. The first kappa shape index (κ1) is 14.0. The van der Waals surface area contributed by atoms with Crippen molar-refractivity contribution >= 4 is 33.2 Å². The summed E-state index contributed by atoms with van der Waals surface area (Å²) in [5, 5.41) is 2.81. The molecule has 0 aliphatic carbocycles. The molecule has 1 aromatic carbocycles. The van der Waals surface area contributed by atoms with Gasteiger partial charge >= 0.3 is 0 Å². The second-order valence-electron chi connectivity index (χ2n) is 3.87. The zero-order chi connectivity index (χ0) is 12.8. The number of amides is 1. The molecule has 0 fully saturated rings. The van der Waals surface area contributed by atoms with E-state index in [-0.39, 0.29) is 12.0 Å². The Balaban J connectivity index is 2.48. The molecule has 0 aliphatic rings. The lowest BCUT2D eigenvalue weighted by molar-refractivity contribution is -0.116. The van der Waals surface area contributed by atoms with Crippen molar-refractivity contribution in [3.8, 4) is 0 Å². The maximum Gasteiger partial charge on any atom is 0.224 e. The van der Waals surface area contributed by atoms with Crippen molar-refractivity contribution in [1.82, 2.24) is 0 Å². The summed E-state index contributed by atoms with van der Waals surface area (Å²) < 4.78 is 5.86. The molecule has 1 aromatic rings. The minimum absolute atomic E-state index is 0.0226. The van der Waals surface area contributed by atoms with E-state index in [9.17, 15) is 4.79 Å². The number of hydrogen-bond acceptors (Lipinski definition) is 3. The van der Waals surface area contributed by atoms with Crippen LogP contribution in [0.2, 0.25) is 0 Å². The molecule has 0 bridgehead atoms. The molecule has 0 saturated heterocycles. The number of anilines is 2. The quantitative estimate of drug-likeness (QED) is 0.822. The Morgan fingerprint density at radius 3 is 2.88 bits per heavy atom. The molecular weight excluding hydrogens is 284 g/mol. The van der Waals surface area contributed by atoms with Gasteiger partial charge in [-0.1, -0.05) is 0 Å². The molecule has 1 unspecified atom stereocenters. The zero-order valence-corrected chi connectivity index (χ0v) is 11.6. The number of carbonyl (C=O) groups excluding carboxylic acids is 1. The van der Waals surface area contributed by atoms with E-state index in [4.69, 9.17) is 10.5 Å². The number of rotatable bonds is 5. The zero-order valence-electron chi connectivity index (χ0n) is 10.00. The number of nitrogens with one attached hydrogen (secondary N) is 1. The Labute approximate surface area is 110 Å². The van der Waals surface area contributed by atoms with Gasteiger partial charge in [-0.3, -0.25) is 4.79 Å². The molecule has 1 atom stereocenters. The summed E-state index contributed by atoms with van der Waals surface area (Å²) in [6.45, 7) is 1.94. The number of ether oxygens (including phenoxy) is 1. The molecule has 3 N–H and O–H groups in total. The van der Waals surface area contributed by atoms with Crippen LogP contribution in [0.3, 0.4) is 0 Å². The second kappa shape index (κ2) is 6.61. The highest BCUT2D eigenvalue weighted by molar-refractivity contribution is 9.10. The minimum Gasteiger partial charge on any atom is -0.398 e. The van der Waals surface area contributed by atoms with Gasteiger partial charge in [0.1, 0.15) is 0 Å². The molecule has 1 rings (SSSR count). The highest BCUT2D eigenvalue weighted by atomic mass is 79.9. The van der Waals surface area contributed by atoms with E-state index in [1.807, 2.05) is 6.92 Å². The summed E-state index contributed by atoms with van der Waals surface area (Å²) in [5.41, 5.74) is 7.05. The molecule has 0 heterocycles. The van der Waals surface area contributed by atoms with Crippen LogP contribution in [0.15, 0.2) is 22.7 Å². The van der Waals surface area contributed by atoms with Crippen LogP contribution >= 0.6 is 15.9 Å². The predicted octanol–water partition coefficient (Wildman–Crippen LogP) is 2.78. The third kappa shape index (κ3) is 4.75. The van der Waals surface area contributed by atoms with Gasteiger partial charge in [0, 0.05) is 29.4 Å². The van der Waals surface area contributed by atoms with E-state index in [0.29, 0.717) is 18.5 Å². The van der Waals surface area contributed by atoms with Crippen molar-refractivity contribution in [3.63, 3.8) is 0 Å². The average molecular weight is 301 g/mol. The van der Waals surface area contributed by atoms with Gasteiger partial charge in [0.05, 0.1) is 6.10 Å². The Morgan fingerprint density at radius 2 is 2.29 bits per heavy atom. The number of halogens is 1. The molecular formula is C12H17BrN2O2. The summed E-state index contributed by atoms with van der Waals surface area (Å²) in [7, 11) is 1.64. The molecule has 0 aliphatic heterocycles. The summed E-state index contributed by atoms with van der Waals surface area (Å²) >= 11 is 3.31. The maximum atomic E-state index is 11.6. The molecule has 0 aromatic heterocycles. The van der Waals surface area contributed by atoms with Gasteiger partial charge in [-0.2, -0.15) is 0 Å². The van der Waals surface area contributed by atoms with E-state index in [1.54, 1.807) is 25.3 Å². The van der Waals surface area contributed by atoms with E-state index in [1.165, 1.54) is 0 Å². The molecule has 5 heteroatoms. The monoisotopic (exact) mass is 300 g/mol. The fourth-order valence-corrected chi connectivity index (χ4v) is 1.66. The van der Waals surface area contributed by atoms with Gasteiger partial charge in [-0.05, 0) is 47.5 Å². The maximum absolute atomic E-state index is 11.6. The number of carbonyl (C=O) groups is 1. The van der Waals surface area contributed by atoms with Gasteiger partial charge in [0.2, 0.25) is 5.91 Å². The van der Waals surface area contributed by atoms with Gasteiger partial charge < -0.3 is 15.8 Å². The van der Waals surface area contributed by atoms with Crippen LogP contribution in [0, 0.1) is 0 Å². The highest BCUT2D eigenvalue weighted by Gasteiger charge is 2.07. The van der Waals surface area contributed by atoms with Crippen molar-refractivity contribution in [2.75, 3.05) is 18.2 Å². The van der Waals surface area contributed by atoms with Crippen LogP contribution in [0.25, 0.3) is 0 Å². The largest absolute Gasteiger partial charge is 0.398 e. The number of benzene rings is 1. The van der Waals surface area contributed by atoms with Gasteiger partial charge in [-0.15, -0.1) is 0 Å². The molecule has 17 heavy (non-hydrogen) atoms. The van der Waals surface area contributed by atoms with Crippen molar-refractivity contribution in [2.24, 2.45) is 0 Å². The van der Waals surface area contributed by atoms with Crippen LogP contribution in [-0.4, -0.2) is 19.1 Å². The first-order valence-electron chi connectivity index (χ1n) is 5.40. The lowest BCUT2D eigenvalue weighted by Gasteiger charge is -2.10. The Bertz CT molecular complexity index is 396. The summed E-state index contributed by atoms with van der Waals surface area (Å²) in [4.78, 5) is 11.6. The molecule has 94 valence electrons. The molecule has 0 saturated carbocycles. The molecule has 0 radical (unpaired) electrons. The third-order valence-corrected chi connectivity index (χ3v) is 3.15. The SMILES string of the molecule is COC(C)CCC(=O)Nc1ccc(N)c(Br)c1. The molecule has 1 amide bonds. The van der Waals surface area contributed by atoms with Crippen LogP contribution in [-0.2, 0) is 9.53 Å². The van der Waals surface area contributed by atoms with Gasteiger partial charge in [0.15, 0.2) is 0 Å². The van der Waals surface area contributed by atoms with Crippen LogP contribution in [0.5, 0.6) is 0 Å². The lowest BCUT2D eigenvalue weighted by atomic mass is 10.2. The molecule has 0 spiro atoms. The van der Waals surface area contributed by atoms with Gasteiger partial charge in [-0.25, -0.2) is 0 Å². The Hall–Kier alpha value is -1.07. The Morgan fingerprint density at radius 1 is 1.59 bits per heavy atom. The normalized spacial score (nSPS) is 12.2. The lowest BCUT2D eigenvalue weighted by Crippen LogP contribution is -2.15.